The molecule has 2 fully saturated rings. The van der Waals surface area contributed by atoms with E-state index in [9.17, 15) is 26.4 Å². The van der Waals surface area contributed by atoms with Gasteiger partial charge in [0, 0.05) is 26.2 Å². The molecular formula is C20H28N2O8S2. The fourth-order valence-corrected chi connectivity index (χ4v) is 7.27. The van der Waals surface area contributed by atoms with Crippen molar-refractivity contribution in [3.8, 4) is 0 Å². The van der Waals surface area contributed by atoms with Gasteiger partial charge in [-0.2, -0.15) is 4.31 Å². The fourth-order valence-electron chi connectivity index (χ4n) is 3.86. The zero-order valence-electron chi connectivity index (χ0n) is 18.3. The summed E-state index contributed by atoms with van der Waals surface area (Å²) in [7, 11) is -5.52. The number of ether oxygens (including phenoxy) is 2. The standard InChI is InChI=1S/C20H28N2O8S2/c1-14-10-22(11-15(2)30-14)32(27,28)18-6-4-5-16(9-18)20(24)29-12-19(23)21(3)17-7-8-31(25,26)13-17/h4-6,9,14-15,17H,7-8,10-13H2,1-3H3/t14-,15+,17-/m1/s1. The Morgan fingerprint density at radius 1 is 1.22 bits per heavy atom. The molecule has 2 aliphatic heterocycles. The highest BCUT2D eigenvalue weighted by Gasteiger charge is 2.34. The third kappa shape index (κ3) is 5.66. The van der Waals surface area contributed by atoms with E-state index in [2.05, 4.69) is 0 Å². The Morgan fingerprint density at radius 3 is 2.47 bits per heavy atom. The van der Waals surface area contributed by atoms with E-state index in [-0.39, 0.29) is 47.3 Å². The lowest BCUT2D eigenvalue weighted by molar-refractivity contribution is -0.134. The minimum Gasteiger partial charge on any atom is -0.452 e. The molecule has 0 unspecified atom stereocenters. The predicted molar refractivity (Wildman–Crippen MR) is 115 cm³/mol. The highest BCUT2D eigenvalue weighted by atomic mass is 32.2. The summed E-state index contributed by atoms with van der Waals surface area (Å²) in [5, 5.41) is 0. The lowest BCUT2D eigenvalue weighted by atomic mass is 10.2. The highest BCUT2D eigenvalue weighted by Crippen LogP contribution is 2.22. The van der Waals surface area contributed by atoms with Crippen molar-refractivity contribution in [3.05, 3.63) is 29.8 Å². The van der Waals surface area contributed by atoms with Gasteiger partial charge in [0.05, 0.1) is 34.2 Å². The Hall–Kier alpha value is -2.02. The molecule has 12 heteroatoms. The molecule has 1 amide bonds. The Kier molecular flexibility index (Phi) is 7.28. The van der Waals surface area contributed by atoms with Crippen LogP contribution in [0.1, 0.15) is 30.6 Å². The first-order chi connectivity index (χ1) is 14.9. The number of morpholine rings is 1. The van der Waals surface area contributed by atoms with E-state index in [1.54, 1.807) is 13.8 Å². The summed E-state index contributed by atoms with van der Waals surface area (Å²) < 4.78 is 61.2. The molecule has 0 saturated carbocycles. The highest BCUT2D eigenvalue weighted by molar-refractivity contribution is 7.91. The molecule has 2 heterocycles. The van der Waals surface area contributed by atoms with Crippen LogP contribution in [0.2, 0.25) is 0 Å². The summed E-state index contributed by atoms with van der Waals surface area (Å²) >= 11 is 0. The predicted octanol–water partition coefficient (Wildman–Crippen LogP) is 0.287. The van der Waals surface area contributed by atoms with Crippen molar-refractivity contribution in [2.75, 3.05) is 38.2 Å². The maximum Gasteiger partial charge on any atom is 0.338 e. The van der Waals surface area contributed by atoms with Gasteiger partial charge in [-0.05, 0) is 38.5 Å². The molecular weight excluding hydrogens is 460 g/mol. The maximum absolute atomic E-state index is 13.0. The van der Waals surface area contributed by atoms with Gasteiger partial charge in [0.2, 0.25) is 10.0 Å². The Bertz CT molecular complexity index is 1080. The molecule has 0 N–H and O–H groups in total. The maximum atomic E-state index is 13.0. The second kappa shape index (κ2) is 9.46. The number of carbonyl (C=O) groups is 2. The molecule has 0 radical (unpaired) electrons. The van der Waals surface area contributed by atoms with Crippen molar-refractivity contribution in [1.29, 1.82) is 0 Å². The zero-order valence-corrected chi connectivity index (χ0v) is 19.9. The van der Waals surface area contributed by atoms with Crippen LogP contribution < -0.4 is 0 Å². The summed E-state index contributed by atoms with van der Waals surface area (Å²) in [5.41, 5.74) is -0.000622. The van der Waals surface area contributed by atoms with Gasteiger partial charge in [-0.15, -0.1) is 0 Å². The van der Waals surface area contributed by atoms with Gasteiger partial charge < -0.3 is 14.4 Å². The van der Waals surface area contributed by atoms with Crippen molar-refractivity contribution in [2.45, 2.75) is 43.4 Å². The van der Waals surface area contributed by atoms with Crippen molar-refractivity contribution in [3.63, 3.8) is 0 Å². The van der Waals surface area contributed by atoms with Crippen LogP contribution in [0.5, 0.6) is 0 Å². The van der Waals surface area contributed by atoms with Crippen molar-refractivity contribution in [1.82, 2.24) is 9.21 Å². The molecule has 2 saturated heterocycles. The number of amides is 1. The van der Waals surface area contributed by atoms with E-state index in [0.717, 1.165) is 0 Å². The van der Waals surface area contributed by atoms with Gasteiger partial charge in [0.15, 0.2) is 16.4 Å². The summed E-state index contributed by atoms with van der Waals surface area (Å²) in [6.45, 7) is 3.43. The number of nitrogens with zero attached hydrogens (tertiary/aromatic N) is 2. The molecule has 1 aromatic carbocycles. The van der Waals surface area contributed by atoms with E-state index in [1.807, 2.05) is 0 Å². The number of hydrogen-bond acceptors (Lipinski definition) is 8. The van der Waals surface area contributed by atoms with Crippen LogP contribution in [0.15, 0.2) is 29.2 Å². The molecule has 178 valence electrons. The lowest BCUT2D eigenvalue weighted by Crippen LogP contribution is -2.48. The van der Waals surface area contributed by atoms with Gasteiger partial charge in [-0.3, -0.25) is 4.79 Å². The molecule has 3 atom stereocenters. The minimum absolute atomic E-state index is 0.000622. The normalized spacial score (nSPS) is 25.9. The Morgan fingerprint density at radius 2 is 1.88 bits per heavy atom. The van der Waals surface area contributed by atoms with Gasteiger partial charge in [-0.25, -0.2) is 21.6 Å². The molecule has 32 heavy (non-hydrogen) atoms. The number of sulfonamides is 1. The van der Waals surface area contributed by atoms with Crippen LogP contribution in [-0.4, -0.2) is 94.4 Å². The van der Waals surface area contributed by atoms with Gasteiger partial charge in [0.1, 0.15) is 0 Å². The van der Waals surface area contributed by atoms with Crippen LogP contribution in [0.25, 0.3) is 0 Å². The number of hydrogen-bond donors (Lipinski definition) is 0. The second-order valence-corrected chi connectivity index (χ2v) is 12.4. The summed E-state index contributed by atoms with van der Waals surface area (Å²) in [6, 6.07) is 5.02. The van der Waals surface area contributed by atoms with Crippen LogP contribution in [0, 0.1) is 0 Å². The van der Waals surface area contributed by atoms with Gasteiger partial charge in [-0.1, -0.05) is 6.07 Å². The van der Waals surface area contributed by atoms with E-state index in [4.69, 9.17) is 9.47 Å². The van der Waals surface area contributed by atoms with E-state index < -0.39 is 44.4 Å². The lowest BCUT2D eigenvalue weighted by Gasteiger charge is -2.34. The van der Waals surface area contributed by atoms with Crippen molar-refractivity contribution < 1.29 is 35.9 Å². The quantitative estimate of drug-likeness (QED) is 0.523. The zero-order chi connectivity index (χ0) is 23.7. The SMILES string of the molecule is C[C@@H]1CN(S(=O)(=O)c2cccc(C(=O)OCC(=O)N(C)[C@@H]3CCS(=O)(=O)C3)c2)C[C@H](C)O1. The first kappa shape index (κ1) is 24.6. The molecule has 0 aromatic heterocycles. The van der Waals surface area contributed by atoms with Crippen LogP contribution in [0.4, 0.5) is 0 Å². The number of benzene rings is 1. The van der Waals surface area contributed by atoms with Crippen molar-refractivity contribution in [2.24, 2.45) is 0 Å². The molecule has 0 aliphatic carbocycles. The van der Waals surface area contributed by atoms with Crippen LogP contribution >= 0.6 is 0 Å². The Labute approximate surface area is 188 Å². The first-order valence-corrected chi connectivity index (χ1v) is 13.5. The van der Waals surface area contributed by atoms with Gasteiger partial charge in [0.25, 0.3) is 5.91 Å². The molecule has 1 aromatic rings. The fraction of sp³-hybridized carbons (Fsp3) is 0.600. The van der Waals surface area contributed by atoms with E-state index >= 15 is 0 Å². The average molecular weight is 489 g/mol. The monoisotopic (exact) mass is 488 g/mol. The van der Waals surface area contributed by atoms with Crippen LogP contribution in [-0.2, 0) is 34.1 Å². The molecule has 10 nitrogen and oxygen atoms in total. The summed E-state index contributed by atoms with van der Waals surface area (Å²) in [5.74, 6) is -1.45. The topological polar surface area (TPSA) is 127 Å². The molecule has 0 bridgehead atoms. The van der Waals surface area contributed by atoms with Crippen LogP contribution in [0.3, 0.4) is 0 Å². The number of likely N-dealkylation sites (N-methyl/N-ethyl adjacent to an activating group) is 1. The second-order valence-electron chi connectivity index (χ2n) is 8.24. The molecule has 2 aliphatic rings. The number of esters is 1. The third-order valence-corrected chi connectivity index (χ3v) is 9.15. The number of sulfone groups is 1. The molecule has 0 spiro atoms. The van der Waals surface area contributed by atoms with Crippen molar-refractivity contribution >= 4 is 31.7 Å². The summed E-state index contributed by atoms with van der Waals surface area (Å²) in [6.07, 6.45) is -0.156. The largest absolute Gasteiger partial charge is 0.452 e. The minimum atomic E-state index is -3.84. The average Bonchev–Trinajstić information content (AvgIpc) is 3.10. The molecule has 3 rings (SSSR count). The third-order valence-electron chi connectivity index (χ3n) is 5.57. The number of carbonyl (C=O) groups excluding carboxylic acids is 2. The summed E-state index contributed by atoms with van der Waals surface area (Å²) in [4.78, 5) is 26.0. The smallest absolute Gasteiger partial charge is 0.338 e. The van der Waals surface area contributed by atoms with E-state index in [1.165, 1.54) is 40.5 Å². The Balaban J connectivity index is 1.64. The first-order valence-electron chi connectivity index (χ1n) is 10.3. The van der Waals surface area contributed by atoms with E-state index in [0.29, 0.717) is 6.42 Å². The number of rotatable bonds is 6. The van der Waals surface area contributed by atoms with Gasteiger partial charge >= 0.3 is 5.97 Å².